The summed E-state index contributed by atoms with van der Waals surface area (Å²) < 4.78 is 75.8. The van der Waals surface area contributed by atoms with E-state index in [1.54, 1.807) is 12.1 Å². The number of methoxy groups -OCH3 is 1. The van der Waals surface area contributed by atoms with Gasteiger partial charge in [-0.2, -0.15) is 0 Å². The number of hydrogen-bond acceptors (Lipinski definition) is 4. The van der Waals surface area contributed by atoms with Crippen LogP contribution in [0.4, 0.5) is 22.0 Å². The Kier molecular flexibility index (Phi) is 8.17. The number of piperidine rings is 1. The fourth-order valence-corrected chi connectivity index (χ4v) is 4.77. The van der Waals surface area contributed by atoms with Crippen LogP contribution in [-0.2, 0) is 4.79 Å². The number of ether oxygens (including phenoxy) is 1. The van der Waals surface area contributed by atoms with Gasteiger partial charge >= 0.3 is 5.97 Å². The summed E-state index contributed by atoms with van der Waals surface area (Å²) in [6.45, 7) is 0.750. The molecule has 3 aromatic rings. The number of nitrogens with zero attached hydrogens (tertiary/aromatic N) is 2. The van der Waals surface area contributed by atoms with Crippen molar-refractivity contribution >= 4 is 16.9 Å². The lowest BCUT2D eigenvalue weighted by atomic mass is 9.74. The van der Waals surface area contributed by atoms with Crippen molar-refractivity contribution in [2.45, 2.75) is 31.9 Å². The highest BCUT2D eigenvalue weighted by Gasteiger charge is 2.41. The van der Waals surface area contributed by atoms with Crippen LogP contribution in [0, 0.1) is 40.5 Å². The van der Waals surface area contributed by atoms with Crippen LogP contribution < -0.4 is 4.74 Å². The molecule has 4 rings (SSSR count). The Labute approximate surface area is 216 Å². The van der Waals surface area contributed by atoms with Crippen molar-refractivity contribution in [1.29, 1.82) is 0 Å². The lowest BCUT2D eigenvalue weighted by Gasteiger charge is -2.38. The Bertz CT molecular complexity index is 1390. The van der Waals surface area contributed by atoms with Crippen LogP contribution >= 0.6 is 0 Å². The number of likely N-dealkylation sites (tertiary alicyclic amines) is 1. The molecule has 1 N–H and O–H groups in total. The van der Waals surface area contributed by atoms with E-state index >= 15 is 4.39 Å². The van der Waals surface area contributed by atoms with E-state index in [1.165, 1.54) is 13.2 Å². The molecule has 1 aromatic heterocycles. The molecule has 1 atom stereocenters. The summed E-state index contributed by atoms with van der Waals surface area (Å²) in [6.07, 6.45) is -0.627. The van der Waals surface area contributed by atoms with Gasteiger partial charge in [0.05, 0.1) is 36.3 Å². The third-order valence-electron chi connectivity index (χ3n) is 7.05. The van der Waals surface area contributed by atoms with E-state index in [9.17, 15) is 27.5 Å². The van der Waals surface area contributed by atoms with Crippen molar-refractivity contribution in [3.05, 3.63) is 70.9 Å². The first-order valence-corrected chi connectivity index (χ1v) is 12.0. The molecule has 1 aliphatic heterocycles. The zero-order valence-electron chi connectivity index (χ0n) is 20.5. The van der Waals surface area contributed by atoms with Crippen molar-refractivity contribution in [2.75, 3.05) is 26.7 Å². The average Bonchev–Trinajstić information content (AvgIpc) is 2.89. The molecule has 2 heterocycles. The second-order valence-electron chi connectivity index (χ2n) is 9.32. The number of halogens is 5. The number of rotatable bonds is 7. The first-order valence-electron chi connectivity index (χ1n) is 12.0. The van der Waals surface area contributed by atoms with Gasteiger partial charge in [0.15, 0.2) is 0 Å². The number of benzene rings is 2. The van der Waals surface area contributed by atoms with Gasteiger partial charge in [-0.15, -0.1) is 0 Å². The second kappa shape index (κ2) is 11.4. The quantitative estimate of drug-likeness (QED) is 0.308. The maximum Gasteiger partial charge on any atom is 0.309 e. The number of hydrogen-bond donors (Lipinski definition) is 1. The molecule has 1 saturated heterocycles. The predicted molar refractivity (Wildman–Crippen MR) is 130 cm³/mol. The number of alkyl halides is 1. The Hall–Kier alpha value is -3.71. The third kappa shape index (κ3) is 5.73. The minimum atomic E-state index is -1.76. The molecular weight excluding hydrogens is 507 g/mol. The summed E-state index contributed by atoms with van der Waals surface area (Å²) >= 11 is 0. The van der Waals surface area contributed by atoms with Crippen molar-refractivity contribution in [2.24, 2.45) is 5.41 Å². The molecule has 38 heavy (non-hydrogen) atoms. The van der Waals surface area contributed by atoms with Gasteiger partial charge in [0, 0.05) is 36.2 Å². The van der Waals surface area contributed by atoms with Crippen LogP contribution in [0.3, 0.4) is 0 Å². The van der Waals surface area contributed by atoms with Gasteiger partial charge in [0.2, 0.25) is 0 Å². The smallest absolute Gasteiger partial charge is 0.309 e. The topological polar surface area (TPSA) is 62.7 Å². The van der Waals surface area contributed by atoms with E-state index in [2.05, 4.69) is 16.8 Å². The van der Waals surface area contributed by atoms with Gasteiger partial charge < -0.3 is 9.84 Å². The van der Waals surface area contributed by atoms with E-state index in [0.29, 0.717) is 36.5 Å². The number of carboxylic acid groups (broad SMARTS) is 1. The molecule has 200 valence electrons. The zero-order chi connectivity index (χ0) is 27.4. The molecule has 10 heteroatoms. The lowest BCUT2D eigenvalue weighted by molar-refractivity contribution is -0.152. The molecule has 0 radical (unpaired) electrons. The fraction of sp³-hybridized carbons (Fsp3) is 0.357. The van der Waals surface area contributed by atoms with Crippen LogP contribution in [0.2, 0.25) is 0 Å². The summed E-state index contributed by atoms with van der Waals surface area (Å²) in [5.74, 6) is 0.302. The van der Waals surface area contributed by atoms with E-state index < -0.39 is 46.4 Å². The van der Waals surface area contributed by atoms with Gasteiger partial charge in [0.25, 0.3) is 0 Å². The summed E-state index contributed by atoms with van der Waals surface area (Å²) in [5, 5.41) is 10.2. The van der Waals surface area contributed by atoms with Gasteiger partial charge in [-0.3, -0.25) is 14.7 Å². The Balaban J connectivity index is 1.42. The minimum Gasteiger partial charge on any atom is -0.497 e. The summed E-state index contributed by atoms with van der Waals surface area (Å²) in [4.78, 5) is 18.0. The van der Waals surface area contributed by atoms with Crippen LogP contribution in [0.1, 0.15) is 43.0 Å². The minimum absolute atomic E-state index is 0.0117. The van der Waals surface area contributed by atoms with E-state index in [4.69, 9.17) is 4.74 Å². The van der Waals surface area contributed by atoms with Crippen LogP contribution in [-0.4, -0.2) is 47.7 Å². The van der Waals surface area contributed by atoms with Gasteiger partial charge in [-0.05, 0) is 43.9 Å². The first-order chi connectivity index (χ1) is 18.1. The van der Waals surface area contributed by atoms with E-state index in [-0.39, 0.29) is 43.2 Å². The fourth-order valence-electron chi connectivity index (χ4n) is 4.77. The maximum atomic E-state index is 15.4. The normalized spacial score (nSPS) is 16.1. The van der Waals surface area contributed by atoms with Crippen LogP contribution in [0.15, 0.2) is 36.5 Å². The largest absolute Gasteiger partial charge is 0.497 e. The number of aliphatic carboxylic acids is 1. The highest BCUT2D eigenvalue weighted by Crippen LogP contribution is 2.41. The van der Waals surface area contributed by atoms with Crippen molar-refractivity contribution in [3.63, 3.8) is 0 Å². The van der Waals surface area contributed by atoms with Gasteiger partial charge in [-0.1, -0.05) is 11.8 Å². The molecular formula is C28H25F5N2O3. The number of carbonyl (C=O) groups is 1. The van der Waals surface area contributed by atoms with Crippen molar-refractivity contribution < 1.29 is 36.6 Å². The second-order valence-corrected chi connectivity index (χ2v) is 9.32. The summed E-state index contributed by atoms with van der Waals surface area (Å²) in [6, 6.07) is 5.83. The molecule has 0 aliphatic carbocycles. The Morgan fingerprint density at radius 1 is 1.13 bits per heavy atom. The number of pyridine rings is 1. The monoisotopic (exact) mass is 532 g/mol. The molecule has 1 fully saturated rings. The Morgan fingerprint density at radius 3 is 2.45 bits per heavy atom. The molecule has 1 aliphatic rings. The number of carboxylic acids is 1. The van der Waals surface area contributed by atoms with Crippen molar-refractivity contribution in [1.82, 2.24) is 9.88 Å². The number of aromatic nitrogens is 1. The summed E-state index contributed by atoms with van der Waals surface area (Å²) in [5.41, 5.74) is -1.53. The highest BCUT2D eigenvalue weighted by molar-refractivity contribution is 5.84. The Morgan fingerprint density at radius 2 is 1.82 bits per heavy atom. The first kappa shape index (κ1) is 27.3. The maximum absolute atomic E-state index is 15.4. The van der Waals surface area contributed by atoms with E-state index in [1.807, 2.05) is 4.90 Å². The average molecular weight is 533 g/mol. The van der Waals surface area contributed by atoms with E-state index in [0.717, 1.165) is 6.20 Å². The third-order valence-corrected chi connectivity index (χ3v) is 7.05. The molecule has 5 nitrogen and oxygen atoms in total. The zero-order valence-corrected chi connectivity index (χ0v) is 20.5. The number of fused-ring (bicyclic) bond motifs is 1. The van der Waals surface area contributed by atoms with Gasteiger partial charge in [-0.25, -0.2) is 22.0 Å². The molecule has 0 bridgehead atoms. The highest BCUT2D eigenvalue weighted by atomic mass is 19.2. The predicted octanol–water partition coefficient (Wildman–Crippen LogP) is 5.81. The molecule has 0 saturated carbocycles. The summed E-state index contributed by atoms with van der Waals surface area (Å²) in [7, 11) is 1.44. The molecule has 2 aromatic carbocycles. The van der Waals surface area contributed by atoms with Gasteiger partial charge in [0.1, 0.15) is 35.2 Å². The lowest BCUT2D eigenvalue weighted by Crippen LogP contribution is -2.44. The molecule has 1 unspecified atom stereocenters. The van der Waals surface area contributed by atoms with Crippen LogP contribution in [0.25, 0.3) is 10.9 Å². The SMILES string of the molecule is COc1ccc2ncc(F)c(C(F)CCC3(C(=O)O)CCN(CC#Cc4c(F)cc(F)cc4F)CC3)c2c1. The van der Waals surface area contributed by atoms with Crippen LogP contribution in [0.5, 0.6) is 5.75 Å². The molecule has 0 spiro atoms. The molecule has 0 amide bonds. The standard InChI is InChI=1S/C28H25F5N2O3/c1-38-18-4-5-25-20(15-18)26(24(33)16-34-25)21(30)6-7-28(27(36)37)8-11-35(12-9-28)10-2-3-19-22(31)13-17(29)14-23(19)32/h4-5,13-16,21H,6-12H2,1H3,(H,36,37). The van der Waals surface area contributed by atoms with Crippen molar-refractivity contribution in [3.8, 4) is 17.6 Å².